The molecule has 4 heteroatoms. The number of hydrogen-bond acceptors (Lipinski definition) is 4. The Morgan fingerprint density at radius 3 is 2.43 bits per heavy atom. The summed E-state index contributed by atoms with van der Waals surface area (Å²) in [5, 5.41) is 11.0. The molecule has 0 amide bonds. The largest absolute Gasteiger partial charge is 0.466 e. The van der Waals surface area contributed by atoms with E-state index >= 15 is 0 Å². The molecule has 1 unspecified atom stereocenters. The summed E-state index contributed by atoms with van der Waals surface area (Å²) in [7, 11) is 1.33. The zero-order valence-corrected chi connectivity index (χ0v) is 13.6. The lowest BCUT2D eigenvalue weighted by atomic mass is 9.64. The summed E-state index contributed by atoms with van der Waals surface area (Å²) in [6.45, 7) is 8.92. The molecule has 0 radical (unpaired) electrons. The molecular weight excluding hydrogens is 268 g/mol. The molecule has 1 atom stereocenters. The Labute approximate surface area is 126 Å². The van der Waals surface area contributed by atoms with Crippen LogP contribution >= 0.6 is 0 Å². The summed E-state index contributed by atoms with van der Waals surface area (Å²) in [4.78, 5) is 23.2. The summed E-state index contributed by atoms with van der Waals surface area (Å²) in [5.41, 5.74) is 0.0141. The van der Waals surface area contributed by atoms with Crippen LogP contribution in [-0.2, 0) is 14.3 Å². The van der Waals surface area contributed by atoms with Crippen LogP contribution in [0.25, 0.3) is 0 Å². The fourth-order valence-electron chi connectivity index (χ4n) is 2.55. The maximum atomic E-state index is 11.7. The van der Waals surface area contributed by atoms with Crippen molar-refractivity contribution in [1.82, 2.24) is 0 Å². The van der Waals surface area contributed by atoms with Crippen LogP contribution in [0.5, 0.6) is 0 Å². The summed E-state index contributed by atoms with van der Waals surface area (Å²) in [6, 6.07) is 0. The van der Waals surface area contributed by atoms with Crippen molar-refractivity contribution in [2.75, 3.05) is 7.11 Å². The second-order valence-electron chi connectivity index (χ2n) is 6.25. The van der Waals surface area contributed by atoms with Gasteiger partial charge in [0.1, 0.15) is 5.60 Å². The Morgan fingerprint density at radius 2 is 1.95 bits per heavy atom. The highest BCUT2D eigenvalue weighted by atomic mass is 16.5. The first-order chi connectivity index (χ1) is 9.55. The van der Waals surface area contributed by atoms with Crippen LogP contribution in [0.15, 0.2) is 34.9 Å². The summed E-state index contributed by atoms with van der Waals surface area (Å²) in [5.74, 6) is -0.372. The van der Waals surface area contributed by atoms with E-state index in [1.54, 1.807) is 32.9 Å². The predicted octanol–water partition coefficient (Wildman–Crippen LogP) is 2.73. The van der Waals surface area contributed by atoms with E-state index in [0.717, 1.165) is 5.57 Å². The smallest absolute Gasteiger partial charge is 0.333 e. The molecule has 0 heterocycles. The van der Waals surface area contributed by atoms with E-state index in [1.807, 2.05) is 13.8 Å². The second kappa shape index (κ2) is 5.98. The lowest BCUT2D eigenvalue weighted by Crippen LogP contribution is -2.48. The third-order valence-electron chi connectivity index (χ3n) is 4.28. The van der Waals surface area contributed by atoms with Crippen molar-refractivity contribution >= 4 is 11.8 Å². The summed E-state index contributed by atoms with van der Waals surface area (Å²) < 4.78 is 4.68. The summed E-state index contributed by atoms with van der Waals surface area (Å²) in [6.07, 6.45) is 5.14. The van der Waals surface area contributed by atoms with Crippen molar-refractivity contribution in [3.05, 3.63) is 34.9 Å². The van der Waals surface area contributed by atoms with Crippen LogP contribution in [0.4, 0.5) is 0 Å². The predicted molar refractivity (Wildman–Crippen MR) is 81.6 cm³/mol. The van der Waals surface area contributed by atoms with E-state index in [0.29, 0.717) is 11.1 Å². The van der Waals surface area contributed by atoms with Crippen molar-refractivity contribution < 1.29 is 19.4 Å². The van der Waals surface area contributed by atoms with E-state index in [9.17, 15) is 14.7 Å². The highest BCUT2D eigenvalue weighted by Crippen LogP contribution is 2.44. The molecule has 1 aliphatic carbocycles. The lowest BCUT2D eigenvalue weighted by Gasteiger charge is -2.44. The molecule has 1 rings (SSSR count). The fraction of sp³-hybridized carbons (Fsp3) is 0.529. The Kier molecular flexibility index (Phi) is 4.95. The second-order valence-corrected chi connectivity index (χ2v) is 6.25. The third kappa shape index (κ3) is 3.32. The molecule has 0 aromatic rings. The topological polar surface area (TPSA) is 63.6 Å². The average Bonchev–Trinajstić information content (AvgIpc) is 2.39. The SMILES string of the molecule is COC(=O)/C(C)=C(C)\C=C\C1(O)C(C)=CC(=O)CC1(C)C. The van der Waals surface area contributed by atoms with Gasteiger partial charge in [0.25, 0.3) is 0 Å². The van der Waals surface area contributed by atoms with Crippen molar-refractivity contribution in [1.29, 1.82) is 0 Å². The van der Waals surface area contributed by atoms with Gasteiger partial charge in [0.15, 0.2) is 5.78 Å². The first kappa shape index (κ1) is 17.4. The van der Waals surface area contributed by atoms with Crippen molar-refractivity contribution in [2.45, 2.75) is 46.6 Å². The Morgan fingerprint density at radius 1 is 1.38 bits per heavy atom. The van der Waals surface area contributed by atoms with E-state index in [4.69, 9.17) is 0 Å². The van der Waals surface area contributed by atoms with Gasteiger partial charge < -0.3 is 9.84 Å². The van der Waals surface area contributed by atoms with Crippen molar-refractivity contribution in [2.24, 2.45) is 5.41 Å². The van der Waals surface area contributed by atoms with E-state index < -0.39 is 17.0 Å². The number of aliphatic hydroxyl groups is 1. The zero-order valence-electron chi connectivity index (χ0n) is 13.6. The molecule has 4 nitrogen and oxygen atoms in total. The molecule has 0 spiro atoms. The third-order valence-corrected chi connectivity index (χ3v) is 4.28. The van der Waals surface area contributed by atoms with Gasteiger partial charge in [-0.05, 0) is 44.1 Å². The number of carbonyl (C=O) groups excluding carboxylic acids is 2. The van der Waals surface area contributed by atoms with Gasteiger partial charge in [-0.3, -0.25) is 4.79 Å². The van der Waals surface area contributed by atoms with Crippen molar-refractivity contribution in [3.8, 4) is 0 Å². The lowest BCUT2D eigenvalue weighted by molar-refractivity contribution is -0.136. The average molecular weight is 292 g/mol. The number of rotatable bonds is 3. The first-order valence-corrected chi connectivity index (χ1v) is 6.94. The molecule has 0 saturated heterocycles. The van der Waals surface area contributed by atoms with Gasteiger partial charge in [0.05, 0.1) is 7.11 Å². The minimum absolute atomic E-state index is 0.0218. The number of ketones is 1. The van der Waals surface area contributed by atoms with Gasteiger partial charge in [0, 0.05) is 17.4 Å². The normalized spacial score (nSPS) is 26.4. The minimum atomic E-state index is -1.21. The molecule has 1 N–H and O–H groups in total. The number of methoxy groups -OCH3 is 1. The molecule has 0 aromatic heterocycles. The standard InChI is InChI=1S/C17H24O4/c1-11(13(3)15(19)21-6)7-8-17(20)12(2)9-14(18)10-16(17,4)5/h7-9,20H,10H2,1-6H3/b8-7+,13-11-. The van der Waals surface area contributed by atoms with Gasteiger partial charge in [-0.25, -0.2) is 4.79 Å². The highest BCUT2D eigenvalue weighted by molar-refractivity contribution is 5.93. The molecule has 0 bridgehead atoms. The van der Waals surface area contributed by atoms with Crippen LogP contribution in [0.1, 0.15) is 41.0 Å². The monoisotopic (exact) mass is 292 g/mol. The van der Waals surface area contributed by atoms with Crippen LogP contribution in [0, 0.1) is 5.41 Å². The minimum Gasteiger partial charge on any atom is -0.466 e. The fourth-order valence-corrected chi connectivity index (χ4v) is 2.55. The van der Waals surface area contributed by atoms with E-state index in [1.165, 1.54) is 13.2 Å². The van der Waals surface area contributed by atoms with Crippen LogP contribution in [-0.4, -0.2) is 29.6 Å². The van der Waals surface area contributed by atoms with Gasteiger partial charge in [-0.2, -0.15) is 0 Å². The van der Waals surface area contributed by atoms with Gasteiger partial charge in [-0.15, -0.1) is 0 Å². The van der Waals surface area contributed by atoms with Crippen molar-refractivity contribution in [3.63, 3.8) is 0 Å². The number of hydrogen-bond donors (Lipinski definition) is 1. The molecule has 0 saturated carbocycles. The van der Waals surface area contributed by atoms with Crippen LogP contribution < -0.4 is 0 Å². The molecular formula is C17H24O4. The number of ether oxygens (including phenoxy) is 1. The molecule has 0 fully saturated rings. The van der Waals surface area contributed by atoms with Gasteiger partial charge in [-0.1, -0.05) is 19.9 Å². The first-order valence-electron chi connectivity index (χ1n) is 6.94. The van der Waals surface area contributed by atoms with Crippen LogP contribution in [0.3, 0.4) is 0 Å². The van der Waals surface area contributed by atoms with Gasteiger partial charge >= 0.3 is 5.97 Å². The number of carbonyl (C=O) groups is 2. The molecule has 0 aliphatic heterocycles. The maximum absolute atomic E-state index is 11.7. The number of esters is 1. The van der Waals surface area contributed by atoms with Gasteiger partial charge in [0.2, 0.25) is 0 Å². The van der Waals surface area contributed by atoms with E-state index in [-0.39, 0.29) is 12.2 Å². The number of allylic oxidation sites excluding steroid dienone is 3. The Balaban J connectivity index is 3.21. The molecule has 21 heavy (non-hydrogen) atoms. The summed E-state index contributed by atoms with van der Waals surface area (Å²) >= 11 is 0. The van der Waals surface area contributed by atoms with Crippen LogP contribution in [0.2, 0.25) is 0 Å². The Hall–Kier alpha value is -1.68. The quantitative estimate of drug-likeness (QED) is 0.493. The molecule has 0 aromatic carbocycles. The maximum Gasteiger partial charge on any atom is 0.333 e. The highest BCUT2D eigenvalue weighted by Gasteiger charge is 2.46. The zero-order chi connectivity index (χ0) is 16.4. The van der Waals surface area contributed by atoms with E-state index in [2.05, 4.69) is 4.74 Å². The molecule has 116 valence electrons. The molecule has 1 aliphatic rings. The Bertz CT molecular complexity index is 549.